The second kappa shape index (κ2) is 9.89. The van der Waals surface area contributed by atoms with Gasteiger partial charge in [-0.3, -0.25) is 9.69 Å². The number of halogens is 2. The minimum absolute atomic E-state index is 0.0387. The average molecular weight is 492 g/mol. The van der Waals surface area contributed by atoms with Crippen molar-refractivity contribution in [2.24, 2.45) is 16.8 Å². The molecule has 7 nitrogen and oxygen atoms in total. The fourth-order valence-corrected chi connectivity index (χ4v) is 6.40. The normalized spacial score (nSPS) is 25.4. The van der Waals surface area contributed by atoms with Gasteiger partial charge >= 0.3 is 0 Å². The van der Waals surface area contributed by atoms with Crippen molar-refractivity contribution in [3.63, 3.8) is 0 Å². The Kier molecular flexibility index (Phi) is 6.88. The van der Waals surface area contributed by atoms with Gasteiger partial charge in [-0.25, -0.2) is 18.8 Å². The van der Waals surface area contributed by atoms with E-state index in [1.54, 1.807) is 18.3 Å². The Hall–Kier alpha value is -2.07. The zero-order valence-electron chi connectivity index (χ0n) is 19.5. The Morgan fingerprint density at radius 1 is 1.26 bits per heavy atom. The summed E-state index contributed by atoms with van der Waals surface area (Å²) in [5.74, 6) is -0.958. The van der Waals surface area contributed by atoms with E-state index < -0.39 is 5.92 Å². The molecule has 5 rings (SSSR count). The summed E-state index contributed by atoms with van der Waals surface area (Å²) >= 11 is 1.66. The highest BCUT2D eigenvalue weighted by Crippen LogP contribution is 2.49. The lowest BCUT2D eigenvalue weighted by Gasteiger charge is -2.33. The summed E-state index contributed by atoms with van der Waals surface area (Å²) in [6, 6.07) is 0. The van der Waals surface area contributed by atoms with E-state index in [4.69, 9.17) is 9.40 Å². The summed E-state index contributed by atoms with van der Waals surface area (Å²) in [6.07, 6.45) is 8.37. The van der Waals surface area contributed by atoms with Crippen LogP contribution in [0.2, 0.25) is 0 Å². The Bertz CT molecular complexity index is 1040. The number of alkyl halides is 2. The van der Waals surface area contributed by atoms with Crippen molar-refractivity contribution in [3.8, 4) is 0 Å². The molecule has 1 aliphatic heterocycles. The Morgan fingerprint density at radius 2 is 2.06 bits per heavy atom. The number of rotatable bonds is 7. The Labute approximate surface area is 202 Å². The SMILES string of the molecule is Cc1nnc(CC(=O)N=CC2CCC(CCN3CCc4sc(C5CC(F)(F)C5)nc4C3)CC2)o1. The van der Waals surface area contributed by atoms with Crippen molar-refractivity contribution in [1.82, 2.24) is 20.1 Å². The molecule has 2 aromatic heterocycles. The molecule has 3 heterocycles. The maximum absolute atomic E-state index is 13.2. The zero-order valence-corrected chi connectivity index (χ0v) is 20.3. The lowest BCUT2D eigenvalue weighted by atomic mass is 9.81. The first-order valence-electron chi connectivity index (χ1n) is 12.3. The van der Waals surface area contributed by atoms with Crippen LogP contribution < -0.4 is 0 Å². The minimum atomic E-state index is -2.49. The van der Waals surface area contributed by atoms with Gasteiger partial charge in [0.15, 0.2) is 0 Å². The van der Waals surface area contributed by atoms with Crippen LogP contribution in [0, 0.1) is 18.8 Å². The highest BCUT2D eigenvalue weighted by molar-refractivity contribution is 7.11. The molecule has 0 unspecified atom stereocenters. The summed E-state index contributed by atoms with van der Waals surface area (Å²) < 4.78 is 31.7. The van der Waals surface area contributed by atoms with E-state index in [-0.39, 0.29) is 31.1 Å². The molecule has 2 fully saturated rings. The van der Waals surface area contributed by atoms with Gasteiger partial charge in [-0.1, -0.05) is 0 Å². The van der Waals surface area contributed by atoms with E-state index in [0.717, 1.165) is 62.4 Å². The van der Waals surface area contributed by atoms with Crippen LogP contribution in [0.3, 0.4) is 0 Å². The second-order valence-electron chi connectivity index (χ2n) is 10.0. The molecule has 10 heteroatoms. The molecular weight excluding hydrogens is 460 g/mol. The molecule has 0 bridgehead atoms. The summed E-state index contributed by atoms with van der Waals surface area (Å²) in [4.78, 5) is 24.6. The summed E-state index contributed by atoms with van der Waals surface area (Å²) in [5.41, 5.74) is 1.11. The van der Waals surface area contributed by atoms with Crippen LogP contribution in [0.15, 0.2) is 9.41 Å². The third kappa shape index (κ3) is 5.76. The fourth-order valence-electron chi connectivity index (χ4n) is 5.24. The molecule has 0 N–H and O–H groups in total. The van der Waals surface area contributed by atoms with Gasteiger partial charge in [0.2, 0.25) is 17.7 Å². The smallest absolute Gasteiger partial charge is 0.254 e. The number of nitrogens with zero attached hydrogens (tertiary/aromatic N) is 5. The van der Waals surface area contributed by atoms with Crippen molar-refractivity contribution < 1.29 is 18.0 Å². The highest BCUT2D eigenvalue weighted by Gasteiger charge is 2.47. The van der Waals surface area contributed by atoms with Gasteiger partial charge in [0.1, 0.15) is 6.42 Å². The van der Waals surface area contributed by atoms with E-state index in [1.807, 2.05) is 6.21 Å². The number of thiazole rings is 1. The number of hydrogen-bond donors (Lipinski definition) is 0. The lowest BCUT2D eigenvalue weighted by Crippen LogP contribution is -2.33. The number of aliphatic imine (C=N–C) groups is 1. The minimum Gasteiger partial charge on any atom is -0.425 e. The van der Waals surface area contributed by atoms with Crippen LogP contribution in [-0.2, 0) is 24.2 Å². The van der Waals surface area contributed by atoms with Gasteiger partial charge in [0.25, 0.3) is 5.91 Å². The number of carbonyl (C=O) groups is 1. The van der Waals surface area contributed by atoms with Crippen LogP contribution in [0.4, 0.5) is 8.78 Å². The maximum Gasteiger partial charge on any atom is 0.254 e. The van der Waals surface area contributed by atoms with Gasteiger partial charge in [0, 0.05) is 49.9 Å². The Balaban J connectivity index is 1.02. The van der Waals surface area contributed by atoms with Crippen molar-refractivity contribution >= 4 is 23.5 Å². The maximum atomic E-state index is 13.2. The monoisotopic (exact) mass is 491 g/mol. The van der Waals surface area contributed by atoms with Crippen LogP contribution in [0.25, 0.3) is 0 Å². The first kappa shape index (κ1) is 23.7. The number of aryl methyl sites for hydroxylation is 1. The quantitative estimate of drug-likeness (QED) is 0.520. The summed E-state index contributed by atoms with van der Waals surface area (Å²) in [5, 5.41) is 8.48. The highest BCUT2D eigenvalue weighted by atomic mass is 32.1. The molecule has 34 heavy (non-hydrogen) atoms. The van der Waals surface area contributed by atoms with Gasteiger partial charge < -0.3 is 4.42 Å². The van der Waals surface area contributed by atoms with Gasteiger partial charge in [0.05, 0.1) is 10.7 Å². The van der Waals surface area contributed by atoms with Crippen LogP contribution in [0.1, 0.15) is 78.2 Å². The number of carbonyl (C=O) groups excluding carboxylic acids is 1. The van der Waals surface area contributed by atoms with Crippen LogP contribution in [-0.4, -0.2) is 51.2 Å². The molecule has 0 aromatic carbocycles. The summed E-state index contributed by atoms with van der Waals surface area (Å²) in [6.45, 7) is 4.62. The van der Waals surface area contributed by atoms with Crippen molar-refractivity contribution in [3.05, 3.63) is 27.4 Å². The molecule has 0 spiro atoms. The van der Waals surface area contributed by atoms with Crippen molar-refractivity contribution in [2.45, 2.75) is 83.1 Å². The van der Waals surface area contributed by atoms with E-state index >= 15 is 0 Å². The predicted octanol–water partition coefficient (Wildman–Crippen LogP) is 4.74. The molecule has 0 atom stereocenters. The molecule has 0 radical (unpaired) electrons. The number of fused-ring (bicyclic) bond motifs is 1. The third-order valence-corrected chi connectivity index (χ3v) is 8.63. The van der Waals surface area contributed by atoms with Crippen LogP contribution in [0.5, 0.6) is 0 Å². The predicted molar refractivity (Wildman–Crippen MR) is 124 cm³/mol. The van der Waals surface area contributed by atoms with E-state index in [9.17, 15) is 13.6 Å². The summed E-state index contributed by atoms with van der Waals surface area (Å²) in [7, 11) is 0. The molecule has 1 amide bonds. The lowest BCUT2D eigenvalue weighted by molar-refractivity contribution is -0.117. The van der Waals surface area contributed by atoms with Crippen LogP contribution >= 0.6 is 11.3 Å². The van der Waals surface area contributed by atoms with Gasteiger partial charge in [-0.2, -0.15) is 0 Å². The van der Waals surface area contributed by atoms with Gasteiger partial charge in [-0.15, -0.1) is 21.5 Å². The van der Waals surface area contributed by atoms with E-state index in [1.165, 1.54) is 11.3 Å². The molecule has 2 saturated carbocycles. The van der Waals surface area contributed by atoms with E-state index in [0.29, 0.717) is 23.6 Å². The number of hydrogen-bond acceptors (Lipinski definition) is 7. The number of amides is 1. The third-order valence-electron chi connectivity index (χ3n) is 7.31. The largest absolute Gasteiger partial charge is 0.425 e. The fraction of sp³-hybridized carbons (Fsp3) is 0.708. The second-order valence-corrected chi connectivity index (χ2v) is 11.2. The van der Waals surface area contributed by atoms with Gasteiger partial charge in [-0.05, 0) is 56.9 Å². The van der Waals surface area contributed by atoms with Crippen molar-refractivity contribution in [1.29, 1.82) is 0 Å². The molecule has 184 valence electrons. The first-order chi connectivity index (χ1) is 16.3. The molecule has 2 aromatic rings. The molecule has 0 saturated heterocycles. The topological polar surface area (TPSA) is 84.5 Å². The standard InChI is InChI=1S/C24H31F2N5O2S/c1-15-29-30-22(33-15)10-21(32)27-13-17-4-2-16(3-5-17)6-8-31-9-7-20-19(14-31)28-23(34-20)18-11-24(25,26)12-18/h13,16-18H,2-12,14H2,1H3. The zero-order chi connectivity index (χ0) is 23.7. The number of aromatic nitrogens is 3. The molecule has 3 aliphatic rings. The Morgan fingerprint density at radius 3 is 2.76 bits per heavy atom. The van der Waals surface area contributed by atoms with E-state index in [2.05, 4.69) is 20.1 Å². The first-order valence-corrected chi connectivity index (χ1v) is 13.1. The average Bonchev–Trinajstić information content (AvgIpc) is 3.40. The molecular formula is C24H31F2N5O2S. The molecule has 2 aliphatic carbocycles. The van der Waals surface area contributed by atoms with Crippen molar-refractivity contribution in [2.75, 3.05) is 13.1 Å².